The smallest absolute Gasteiger partial charge is 0.396 e. The summed E-state index contributed by atoms with van der Waals surface area (Å²) in [6.45, 7) is 1.28. The number of aromatic carboxylic acids is 1. The lowest BCUT2D eigenvalue weighted by Crippen LogP contribution is -2.15. The molecule has 0 bridgehead atoms. The first-order chi connectivity index (χ1) is 7.22. The van der Waals surface area contributed by atoms with Crippen molar-refractivity contribution >= 4 is 11.8 Å². The Morgan fingerprint density at radius 3 is 2.38 bits per heavy atom. The van der Waals surface area contributed by atoms with Crippen molar-refractivity contribution in [3.05, 3.63) is 23.0 Å². The van der Waals surface area contributed by atoms with E-state index in [2.05, 4.69) is 4.98 Å². The van der Waals surface area contributed by atoms with Crippen molar-refractivity contribution in [1.82, 2.24) is 4.98 Å². The number of hydrogen-bond acceptors (Lipinski definition) is 2. The molecule has 0 amide bonds. The van der Waals surface area contributed by atoms with E-state index in [0.717, 1.165) is 6.20 Å². The van der Waals surface area contributed by atoms with Crippen LogP contribution in [0.25, 0.3) is 0 Å². The molecule has 0 aliphatic carbocycles. The Morgan fingerprint density at radius 2 is 2.00 bits per heavy atom. The summed E-state index contributed by atoms with van der Waals surface area (Å²) in [5.74, 6) is -2.46. The lowest BCUT2D eigenvalue weighted by molar-refractivity contribution is -0.125. The number of carboxylic acid groups (broad SMARTS) is 1. The Bertz CT molecular complexity index is 434. The minimum atomic E-state index is -4.59. The molecule has 2 N–H and O–H groups in total. The van der Waals surface area contributed by atoms with Gasteiger partial charge in [0, 0.05) is 11.8 Å². The molecule has 16 heavy (non-hydrogen) atoms. The number of rotatable bonds is 3. The normalized spacial score (nSPS) is 11.5. The number of alkyl halides is 3. The number of hydrogen-bond donors (Lipinski definition) is 2. The number of carbonyl (C=O) groups is 2. The van der Waals surface area contributed by atoms with Crippen LogP contribution in [0.2, 0.25) is 0 Å². The quantitative estimate of drug-likeness (QED) is 0.788. The lowest BCUT2D eigenvalue weighted by Gasteiger charge is -2.04. The largest absolute Gasteiger partial charge is 0.477 e. The van der Waals surface area contributed by atoms with Gasteiger partial charge in [0.1, 0.15) is 12.1 Å². The number of ketones is 1. The van der Waals surface area contributed by atoms with Gasteiger partial charge in [-0.2, -0.15) is 13.2 Å². The second kappa shape index (κ2) is 3.99. The van der Waals surface area contributed by atoms with Crippen molar-refractivity contribution in [3.63, 3.8) is 0 Å². The van der Waals surface area contributed by atoms with Crippen LogP contribution in [0.4, 0.5) is 13.2 Å². The van der Waals surface area contributed by atoms with Crippen LogP contribution < -0.4 is 0 Å². The van der Waals surface area contributed by atoms with Gasteiger partial charge >= 0.3 is 12.1 Å². The average molecular weight is 235 g/mol. The topological polar surface area (TPSA) is 70.2 Å². The third-order valence-corrected chi connectivity index (χ3v) is 2.02. The molecule has 1 heterocycles. The van der Waals surface area contributed by atoms with E-state index in [4.69, 9.17) is 5.11 Å². The van der Waals surface area contributed by atoms with Gasteiger partial charge in [-0.3, -0.25) is 4.79 Å². The number of nitrogens with one attached hydrogen (secondary N) is 1. The molecule has 0 atom stereocenters. The third kappa shape index (κ3) is 2.62. The summed E-state index contributed by atoms with van der Waals surface area (Å²) in [6.07, 6.45) is -5.21. The van der Waals surface area contributed by atoms with Crippen LogP contribution in [-0.2, 0) is 0 Å². The van der Waals surface area contributed by atoms with Crippen LogP contribution in [0, 0.1) is 6.92 Å². The van der Waals surface area contributed by atoms with Gasteiger partial charge in [-0.25, -0.2) is 4.79 Å². The zero-order chi connectivity index (χ0) is 12.5. The van der Waals surface area contributed by atoms with Crippen LogP contribution in [-0.4, -0.2) is 28.0 Å². The van der Waals surface area contributed by atoms with E-state index in [1.807, 2.05) is 0 Å². The number of carbonyl (C=O) groups excluding carboxylic acids is 1. The fourth-order valence-corrected chi connectivity index (χ4v) is 1.28. The minimum Gasteiger partial charge on any atom is -0.477 e. The molecule has 0 radical (unpaired) electrons. The van der Waals surface area contributed by atoms with Crippen molar-refractivity contribution in [2.24, 2.45) is 0 Å². The molecule has 0 aromatic carbocycles. The Labute approximate surface area is 88.1 Å². The number of halogens is 3. The SMILES string of the molecule is Cc1c(C(=O)CC(F)(F)F)c[nH]c1C(=O)O. The molecule has 1 aromatic heterocycles. The van der Waals surface area contributed by atoms with Gasteiger partial charge in [-0.1, -0.05) is 0 Å². The van der Waals surface area contributed by atoms with E-state index in [-0.39, 0.29) is 16.8 Å². The molecular formula is C9H8F3NO3. The highest BCUT2D eigenvalue weighted by Crippen LogP contribution is 2.24. The zero-order valence-electron chi connectivity index (χ0n) is 8.18. The highest BCUT2D eigenvalue weighted by atomic mass is 19.4. The monoisotopic (exact) mass is 235 g/mol. The van der Waals surface area contributed by atoms with Gasteiger partial charge in [0.2, 0.25) is 0 Å². The summed E-state index contributed by atoms with van der Waals surface area (Å²) in [5.41, 5.74) is -0.498. The summed E-state index contributed by atoms with van der Waals surface area (Å²) in [7, 11) is 0. The Kier molecular flexibility index (Phi) is 3.06. The Hall–Kier alpha value is -1.79. The first-order valence-corrected chi connectivity index (χ1v) is 4.23. The maximum absolute atomic E-state index is 11.9. The number of Topliss-reactive ketones (excluding diaryl/α,β-unsaturated/α-hetero) is 1. The van der Waals surface area contributed by atoms with Gasteiger partial charge in [0.05, 0.1) is 0 Å². The molecule has 1 aromatic rings. The summed E-state index contributed by atoms with van der Waals surface area (Å²) in [6, 6.07) is 0. The Balaban J connectivity index is 2.98. The predicted octanol–water partition coefficient (Wildman–Crippen LogP) is 2.16. The number of aromatic amines is 1. The second-order valence-corrected chi connectivity index (χ2v) is 3.22. The second-order valence-electron chi connectivity index (χ2n) is 3.22. The van der Waals surface area contributed by atoms with Gasteiger partial charge in [0.15, 0.2) is 5.78 Å². The molecule has 0 spiro atoms. The average Bonchev–Trinajstić information content (AvgIpc) is 2.43. The molecule has 0 unspecified atom stereocenters. The van der Waals surface area contributed by atoms with Crippen LogP contribution in [0.1, 0.15) is 32.8 Å². The van der Waals surface area contributed by atoms with Crippen molar-refractivity contribution < 1.29 is 27.9 Å². The van der Waals surface area contributed by atoms with Gasteiger partial charge < -0.3 is 10.1 Å². The molecular weight excluding hydrogens is 227 g/mol. The highest BCUT2D eigenvalue weighted by molar-refractivity contribution is 6.01. The maximum Gasteiger partial charge on any atom is 0.396 e. The molecule has 0 aliphatic heterocycles. The molecule has 0 aliphatic rings. The van der Waals surface area contributed by atoms with Crippen molar-refractivity contribution in [2.45, 2.75) is 19.5 Å². The fourth-order valence-electron chi connectivity index (χ4n) is 1.28. The van der Waals surface area contributed by atoms with Gasteiger partial charge in [0.25, 0.3) is 0 Å². The fraction of sp³-hybridized carbons (Fsp3) is 0.333. The first kappa shape index (κ1) is 12.3. The first-order valence-electron chi connectivity index (χ1n) is 4.23. The van der Waals surface area contributed by atoms with E-state index in [1.165, 1.54) is 6.92 Å². The van der Waals surface area contributed by atoms with E-state index < -0.39 is 24.3 Å². The Morgan fingerprint density at radius 1 is 1.44 bits per heavy atom. The van der Waals surface area contributed by atoms with E-state index in [1.54, 1.807) is 0 Å². The molecule has 88 valence electrons. The minimum absolute atomic E-state index is 0.0155. The van der Waals surface area contributed by atoms with Crippen molar-refractivity contribution in [2.75, 3.05) is 0 Å². The summed E-state index contributed by atoms with van der Waals surface area (Å²) < 4.78 is 35.8. The number of carboxylic acids is 1. The predicted molar refractivity (Wildman–Crippen MR) is 47.5 cm³/mol. The number of aromatic nitrogens is 1. The van der Waals surface area contributed by atoms with Crippen LogP contribution in [0.15, 0.2) is 6.20 Å². The van der Waals surface area contributed by atoms with E-state index in [9.17, 15) is 22.8 Å². The molecule has 0 fully saturated rings. The summed E-state index contributed by atoms with van der Waals surface area (Å²) in [4.78, 5) is 24.0. The molecule has 1 rings (SSSR count). The maximum atomic E-state index is 11.9. The van der Waals surface area contributed by atoms with Crippen LogP contribution in [0.5, 0.6) is 0 Å². The van der Waals surface area contributed by atoms with Crippen LogP contribution >= 0.6 is 0 Å². The summed E-state index contributed by atoms with van der Waals surface area (Å²) >= 11 is 0. The number of H-pyrrole nitrogens is 1. The summed E-state index contributed by atoms with van der Waals surface area (Å²) in [5, 5.41) is 8.63. The molecule has 7 heteroatoms. The van der Waals surface area contributed by atoms with Crippen LogP contribution in [0.3, 0.4) is 0 Å². The van der Waals surface area contributed by atoms with Gasteiger partial charge in [-0.15, -0.1) is 0 Å². The highest BCUT2D eigenvalue weighted by Gasteiger charge is 2.33. The zero-order valence-corrected chi connectivity index (χ0v) is 8.18. The van der Waals surface area contributed by atoms with E-state index in [0.29, 0.717) is 0 Å². The van der Waals surface area contributed by atoms with Gasteiger partial charge in [-0.05, 0) is 12.5 Å². The standard InChI is InChI=1S/C9H8F3NO3/c1-4-5(3-13-7(4)8(15)16)6(14)2-9(10,11)12/h3,13H,2H2,1H3,(H,15,16). The van der Waals surface area contributed by atoms with Crippen molar-refractivity contribution in [1.29, 1.82) is 0 Å². The van der Waals surface area contributed by atoms with Crippen molar-refractivity contribution in [3.8, 4) is 0 Å². The molecule has 4 nitrogen and oxygen atoms in total. The third-order valence-electron chi connectivity index (χ3n) is 2.02. The van der Waals surface area contributed by atoms with E-state index >= 15 is 0 Å². The lowest BCUT2D eigenvalue weighted by atomic mass is 10.1. The molecule has 0 saturated heterocycles. The molecule has 0 saturated carbocycles.